The number of carbonyl (C=O) groups excluding carboxylic acids is 2. The molecule has 0 N–H and O–H groups in total. The van der Waals surface area contributed by atoms with Gasteiger partial charge in [0.15, 0.2) is 0 Å². The number of rotatable bonds is 5. The lowest BCUT2D eigenvalue weighted by molar-refractivity contribution is -0.140. The molecule has 2 amide bonds. The smallest absolute Gasteiger partial charge is 0.255 e. The van der Waals surface area contributed by atoms with E-state index in [1.54, 1.807) is 31.0 Å². The van der Waals surface area contributed by atoms with Gasteiger partial charge in [0.2, 0.25) is 5.91 Å². The van der Waals surface area contributed by atoms with Crippen LogP contribution < -0.4 is 0 Å². The van der Waals surface area contributed by atoms with Crippen molar-refractivity contribution in [1.82, 2.24) is 14.8 Å². The molecule has 0 radical (unpaired) electrons. The maximum atomic E-state index is 15.5. The quantitative estimate of drug-likeness (QED) is 0.559. The topological polar surface area (TPSA) is 65.9 Å². The summed E-state index contributed by atoms with van der Waals surface area (Å²) in [7, 11) is 0. The van der Waals surface area contributed by atoms with Gasteiger partial charge in [-0.2, -0.15) is 0 Å². The van der Waals surface area contributed by atoms with Gasteiger partial charge in [-0.1, -0.05) is 18.2 Å². The average Bonchev–Trinajstić information content (AvgIpc) is 3.64. The Morgan fingerprint density at radius 2 is 1.83 bits per heavy atom. The monoisotopic (exact) mass is 470 g/mol. The molecule has 3 aliphatic rings. The predicted molar refractivity (Wildman–Crippen MR) is 132 cm³/mol. The van der Waals surface area contributed by atoms with Gasteiger partial charge >= 0.3 is 0 Å². The molecule has 7 heteroatoms. The molecular weight excluding hydrogens is 443 g/mol. The highest BCUT2D eigenvalue weighted by atomic mass is 19.1. The number of likely N-dealkylation sites (tertiary alicyclic amines) is 1. The molecule has 1 aromatic heterocycles. The van der Waals surface area contributed by atoms with Crippen LogP contribution in [0.2, 0.25) is 0 Å². The van der Waals surface area contributed by atoms with Gasteiger partial charge in [-0.05, 0) is 68.1 Å². The number of hydrogen-bond donors (Lipinski definition) is 0. The first-order valence-electron chi connectivity index (χ1n) is 12.2. The molecular formula is C28H27FN4O2. The molecule has 2 fully saturated rings. The van der Waals surface area contributed by atoms with E-state index in [2.05, 4.69) is 9.98 Å². The van der Waals surface area contributed by atoms with E-state index < -0.39 is 11.4 Å². The first-order chi connectivity index (χ1) is 16.8. The average molecular weight is 471 g/mol. The predicted octanol–water partition coefficient (Wildman–Crippen LogP) is 4.28. The minimum atomic E-state index is -0.945. The maximum absolute atomic E-state index is 15.5. The van der Waals surface area contributed by atoms with Crippen molar-refractivity contribution < 1.29 is 14.0 Å². The minimum Gasteiger partial charge on any atom is -0.342 e. The molecule has 2 aromatic carbocycles. The normalized spacial score (nSPS) is 19.7. The Bertz CT molecular complexity index is 1390. The number of benzene rings is 2. The summed E-state index contributed by atoms with van der Waals surface area (Å²) in [6.07, 6.45) is 3.72. The second-order valence-electron chi connectivity index (χ2n) is 10.4. The van der Waals surface area contributed by atoms with Gasteiger partial charge in [-0.15, -0.1) is 0 Å². The summed E-state index contributed by atoms with van der Waals surface area (Å²) in [5.41, 5.74) is 1.91. The van der Waals surface area contributed by atoms with E-state index in [9.17, 15) is 9.59 Å². The summed E-state index contributed by atoms with van der Waals surface area (Å²) < 4.78 is 15.5. The Morgan fingerprint density at radius 3 is 2.57 bits per heavy atom. The van der Waals surface area contributed by atoms with Gasteiger partial charge in [0.25, 0.3) is 5.91 Å². The first-order valence-corrected chi connectivity index (χ1v) is 12.2. The van der Waals surface area contributed by atoms with Gasteiger partial charge in [0, 0.05) is 43.1 Å². The Morgan fingerprint density at radius 1 is 1.09 bits per heavy atom. The lowest BCUT2D eigenvalue weighted by Crippen LogP contribution is -2.55. The number of aromatic nitrogens is 1. The van der Waals surface area contributed by atoms with Crippen molar-refractivity contribution in [3.63, 3.8) is 0 Å². The van der Waals surface area contributed by atoms with Crippen molar-refractivity contribution in [2.24, 2.45) is 16.8 Å². The third kappa shape index (κ3) is 3.89. The summed E-state index contributed by atoms with van der Waals surface area (Å²) in [6.45, 7) is 5.24. The van der Waals surface area contributed by atoms with Crippen LogP contribution in [-0.4, -0.2) is 57.6 Å². The zero-order valence-corrected chi connectivity index (χ0v) is 19.9. The Kier molecular flexibility index (Phi) is 4.99. The van der Waals surface area contributed by atoms with Crippen LogP contribution in [-0.2, 0) is 9.59 Å². The van der Waals surface area contributed by atoms with Crippen LogP contribution in [0.5, 0.6) is 0 Å². The van der Waals surface area contributed by atoms with E-state index in [0.29, 0.717) is 31.0 Å². The lowest BCUT2D eigenvalue weighted by atomic mass is 9.97. The van der Waals surface area contributed by atoms with Gasteiger partial charge in [-0.25, -0.2) is 4.39 Å². The zero-order chi connectivity index (χ0) is 24.3. The molecule has 3 heterocycles. The Labute approximate surface area is 203 Å². The number of carbonyl (C=O) groups is 2. The number of amidine groups is 1. The molecule has 0 bridgehead atoms. The molecule has 1 saturated heterocycles. The number of halogens is 1. The van der Waals surface area contributed by atoms with Crippen molar-refractivity contribution >= 4 is 28.6 Å². The van der Waals surface area contributed by atoms with E-state index in [-0.39, 0.29) is 23.7 Å². The summed E-state index contributed by atoms with van der Waals surface area (Å²) in [6, 6.07) is 14.8. The molecule has 178 valence electrons. The number of fused-ring (bicyclic) bond motifs is 1. The summed E-state index contributed by atoms with van der Waals surface area (Å²) in [5.74, 6) is 0.432. The summed E-state index contributed by atoms with van der Waals surface area (Å²) in [5, 5.41) is 0.989. The third-order valence-corrected chi connectivity index (χ3v) is 7.19. The fourth-order valence-electron chi connectivity index (χ4n) is 5.02. The molecule has 0 unspecified atom stereocenters. The van der Waals surface area contributed by atoms with Crippen LogP contribution in [0.4, 0.5) is 4.39 Å². The molecule has 1 aliphatic carbocycles. The highest BCUT2D eigenvalue weighted by Gasteiger charge is 2.45. The lowest BCUT2D eigenvalue weighted by Gasteiger charge is -2.41. The standard InChI is InChI=1S/C28H27FN4O2/c1-28(2)27(35)33(16-17-14-32(15-17)26(34)18-5-6-18)25(31-28)22-9-7-20(13-23(22)29)19-8-10-24-21(12-19)4-3-11-30-24/h3-4,7-13,17-18H,5-6,14-16H2,1-2H3. The Balaban J connectivity index is 1.25. The molecule has 0 atom stereocenters. The highest BCUT2D eigenvalue weighted by Crippen LogP contribution is 2.35. The fraction of sp³-hybridized carbons (Fsp3) is 0.357. The third-order valence-electron chi connectivity index (χ3n) is 7.19. The number of amides is 2. The second kappa shape index (κ2) is 7.97. The van der Waals surface area contributed by atoms with E-state index in [1.807, 2.05) is 41.3 Å². The molecule has 0 spiro atoms. The van der Waals surface area contributed by atoms with Crippen LogP contribution in [0.1, 0.15) is 32.3 Å². The first kappa shape index (κ1) is 21.9. The van der Waals surface area contributed by atoms with Crippen molar-refractivity contribution in [2.75, 3.05) is 19.6 Å². The van der Waals surface area contributed by atoms with E-state index >= 15 is 4.39 Å². The minimum absolute atomic E-state index is 0.134. The molecule has 35 heavy (non-hydrogen) atoms. The van der Waals surface area contributed by atoms with Crippen LogP contribution in [0.15, 0.2) is 59.7 Å². The maximum Gasteiger partial charge on any atom is 0.255 e. The van der Waals surface area contributed by atoms with Crippen LogP contribution >= 0.6 is 0 Å². The van der Waals surface area contributed by atoms with Gasteiger partial charge in [-0.3, -0.25) is 24.5 Å². The van der Waals surface area contributed by atoms with E-state index in [0.717, 1.165) is 34.9 Å². The van der Waals surface area contributed by atoms with Crippen molar-refractivity contribution in [3.8, 4) is 11.1 Å². The summed E-state index contributed by atoms with van der Waals surface area (Å²) in [4.78, 5) is 37.9. The van der Waals surface area contributed by atoms with Gasteiger partial charge in [0.05, 0.1) is 11.1 Å². The Hall–Kier alpha value is -3.61. The summed E-state index contributed by atoms with van der Waals surface area (Å²) >= 11 is 0. The van der Waals surface area contributed by atoms with Crippen molar-refractivity contribution in [2.45, 2.75) is 32.2 Å². The van der Waals surface area contributed by atoms with Crippen LogP contribution in [0.3, 0.4) is 0 Å². The van der Waals surface area contributed by atoms with Gasteiger partial charge in [0.1, 0.15) is 17.2 Å². The van der Waals surface area contributed by atoms with Gasteiger partial charge < -0.3 is 4.90 Å². The zero-order valence-electron chi connectivity index (χ0n) is 19.9. The number of aliphatic imine (C=N–C) groups is 1. The highest BCUT2D eigenvalue weighted by molar-refractivity contribution is 6.15. The van der Waals surface area contributed by atoms with Crippen molar-refractivity contribution in [1.29, 1.82) is 0 Å². The van der Waals surface area contributed by atoms with E-state index in [1.165, 1.54) is 6.07 Å². The molecule has 2 aliphatic heterocycles. The number of nitrogens with zero attached hydrogens (tertiary/aromatic N) is 4. The molecule has 1 saturated carbocycles. The van der Waals surface area contributed by atoms with E-state index in [4.69, 9.17) is 0 Å². The SMILES string of the molecule is CC1(C)N=C(c2ccc(-c3ccc4ncccc4c3)cc2F)N(CC2CN(C(=O)C3CC3)C2)C1=O. The van der Waals surface area contributed by atoms with Crippen molar-refractivity contribution in [3.05, 3.63) is 66.1 Å². The second-order valence-corrected chi connectivity index (χ2v) is 10.4. The largest absolute Gasteiger partial charge is 0.342 e. The molecule has 6 rings (SSSR count). The molecule has 3 aromatic rings. The van der Waals surface area contributed by atoms with Crippen LogP contribution in [0, 0.1) is 17.7 Å². The number of hydrogen-bond acceptors (Lipinski definition) is 4. The molecule has 6 nitrogen and oxygen atoms in total. The number of pyridine rings is 1. The van der Waals surface area contributed by atoms with Crippen LogP contribution in [0.25, 0.3) is 22.0 Å². The fourth-order valence-corrected chi connectivity index (χ4v) is 5.02.